The summed E-state index contributed by atoms with van der Waals surface area (Å²) >= 11 is 0. The summed E-state index contributed by atoms with van der Waals surface area (Å²) in [5, 5.41) is 13.5. The number of fused-ring (bicyclic) bond motifs is 1. The molecule has 3 heterocycles. The number of nitrogens with one attached hydrogen (secondary N) is 3. The first-order valence-corrected chi connectivity index (χ1v) is 9.69. The summed E-state index contributed by atoms with van der Waals surface area (Å²) < 4.78 is 5.50. The molecule has 1 atom stereocenters. The van der Waals surface area contributed by atoms with E-state index >= 15 is 0 Å². The van der Waals surface area contributed by atoms with Crippen LogP contribution in [0.25, 0.3) is 0 Å². The van der Waals surface area contributed by atoms with Crippen LogP contribution in [0.2, 0.25) is 0 Å². The van der Waals surface area contributed by atoms with E-state index in [0.717, 1.165) is 56.3 Å². The number of benzene rings is 1. The van der Waals surface area contributed by atoms with Crippen molar-refractivity contribution in [1.29, 1.82) is 5.26 Å². The van der Waals surface area contributed by atoms with Gasteiger partial charge >= 0.3 is 0 Å². The molecule has 6 heteroatoms. The fraction of sp³-hybridized carbons (Fsp3) is 0.429. The fourth-order valence-electron chi connectivity index (χ4n) is 3.98. The zero-order valence-electron chi connectivity index (χ0n) is 15.8. The summed E-state index contributed by atoms with van der Waals surface area (Å²) in [5.74, 6) is 1.99. The minimum absolute atomic E-state index is 0.704. The SMILES string of the molecule is C[NH+]1CCc2c(C#N)c(N3CCOCC3)[nH+]c(NCc3ccccc3)c2C1. The maximum absolute atomic E-state index is 9.91. The van der Waals surface area contributed by atoms with E-state index in [-0.39, 0.29) is 0 Å². The number of aromatic nitrogens is 1. The lowest BCUT2D eigenvalue weighted by Gasteiger charge is -2.28. The molecule has 2 aliphatic rings. The van der Waals surface area contributed by atoms with E-state index in [9.17, 15) is 5.26 Å². The molecular formula is C21H27N5O+2. The van der Waals surface area contributed by atoms with Gasteiger partial charge in [-0.2, -0.15) is 5.26 Å². The lowest BCUT2D eigenvalue weighted by atomic mass is 9.95. The molecule has 2 aromatic rings. The molecule has 27 heavy (non-hydrogen) atoms. The van der Waals surface area contributed by atoms with E-state index < -0.39 is 0 Å². The van der Waals surface area contributed by atoms with Crippen molar-refractivity contribution in [3.63, 3.8) is 0 Å². The highest BCUT2D eigenvalue weighted by atomic mass is 16.5. The van der Waals surface area contributed by atoms with Crippen LogP contribution in [0.15, 0.2) is 30.3 Å². The van der Waals surface area contributed by atoms with E-state index in [1.54, 1.807) is 0 Å². The summed E-state index contributed by atoms with van der Waals surface area (Å²) in [4.78, 5) is 7.30. The minimum Gasteiger partial charge on any atom is -0.375 e. The van der Waals surface area contributed by atoms with Crippen molar-refractivity contribution >= 4 is 11.6 Å². The first-order chi connectivity index (χ1) is 13.3. The number of nitriles is 1. The second-order valence-corrected chi connectivity index (χ2v) is 7.36. The lowest BCUT2D eigenvalue weighted by molar-refractivity contribution is -0.895. The third kappa shape index (κ3) is 3.75. The normalized spacial score (nSPS) is 19.3. The van der Waals surface area contributed by atoms with Gasteiger partial charge in [-0.1, -0.05) is 30.3 Å². The van der Waals surface area contributed by atoms with E-state index in [1.165, 1.54) is 21.6 Å². The number of ether oxygens (including phenoxy) is 1. The number of rotatable bonds is 4. The Bertz CT molecular complexity index is 840. The fourth-order valence-corrected chi connectivity index (χ4v) is 3.98. The Hall–Kier alpha value is -2.62. The quantitative estimate of drug-likeness (QED) is 0.823. The molecule has 140 valence electrons. The minimum atomic E-state index is 0.704. The van der Waals surface area contributed by atoms with Gasteiger partial charge in [-0.05, 0) is 11.1 Å². The zero-order chi connectivity index (χ0) is 18.6. The van der Waals surface area contributed by atoms with Gasteiger partial charge in [0.2, 0.25) is 11.6 Å². The molecule has 0 aliphatic carbocycles. The number of aromatic amines is 1. The van der Waals surface area contributed by atoms with Crippen LogP contribution >= 0.6 is 0 Å². The summed E-state index contributed by atoms with van der Waals surface area (Å²) in [6.45, 7) is 5.79. The standard InChI is InChI=1S/C21H25N5O/c1-25-8-7-17-18(13-22)21(26-9-11-27-12-10-26)24-20(19(17)15-25)23-14-16-5-3-2-4-6-16/h2-6H,7-12,14-15H2,1H3,(H,23,24)/p+2. The van der Waals surface area contributed by atoms with Gasteiger partial charge in [0.1, 0.15) is 18.2 Å². The van der Waals surface area contributed by atoms with Crippen molar-refractivity contribution in [3.8, 4) is 6.07 Å². The van der Waals surface area contributed by atoms with Gasteiger partial charge in [-0.15, -0.1) is 0 Å². The van der Waals surface area contributed by atoms with Crippen molar-refractivity contribution in [2.24, 2.45) is 0 Å². The Balaban J connectivity index is 1.72. The zero-order valence-corrected chi connectivity index (χ0v) is 15.8. The third-order valence-electron chi connectivity index (χ3n) is 5.48. The Kier molecular flexibility index (Phi) is 5.23. The molecule has 1 fully saturated rings. The Morgan fingerprint density at radius 1 is 1.22 bits per heavy atom. The van der Waals surface area contributed by atoms with Crippen LogP contribution in [0.5, 0.6) is 0 Å². The maximum Gasteiger partial charge on any atom is 0.240 e. The molecule has 1 unspecified atom stereocenters. The van der Waals surface area contributed by atoms with Crippen LogP contribution in [0, 0.1) is 11.3 Å². The first-order valence-electron chi connectivity index (χ1n) is 9.69. The van der Waals surface area contributed by atoms with E-state index in [2.05, 4.69) is 52.6 Å². The Morgan fingerprint density at radius 2 is 2.00 bits per heavy atom. The van der Waals surface area contributed by atoms with Gasteiger partial charge in [0, 0.05) is 6.42 Å². The van der Waals surface area contributed by atoms with Gasteiger partial charge in [-0.3, -0.25) is 4.90 Å². The molecule has 4 rings (SSSR count). The van der Waals surface area contributed by atoms with Gasteiger partial charge < -0.3 is 15.0 Å². The molecule has 0 bridgehead atoms. The van der Waals surface area contributed by atoms with Crippen LogP contribution in [0.1, 0.15) is 22.3 Å². The van der Waals surface area contributed by atoms with Crippen molar-refractivity contribution in [2.75, 3.05) is 50.1 Å². The van der Waals surface area contributed by atoms with Gasteiger partial charge in [0.15, 0.2) is 0 Å². The Labute approximate surface area is 160 Å². The number of pyridine rings is 1. The van der Waals surface area contributed by atoms with Crippen molar-refractivity contribution in [3.05, 3.63) is 52.6 Å². The molecule has 3 N–H and O–H groups in total. The number of H-pyrrole nitrogens is 1. The number of anilines is 2. The molecule has 1 saturated heterocycles. The lowest BCUT2D eigenvalue weighted by Crippen LogP contribution is -3.08. The molecule has 1 aromatic carbocycles. The monoisotopic (exact) mass is 365 g/mol. The smallest absolute Gasteiger partial charge is 0.240 e. The molecule has 1 aromatic heterocycles. The van der Waals surface area contributed by atoms with Crippen LogP contribution in [0.4, 0.5) is 11.6 Å². The van der Waals surface area contributed by atoms with Crippen molar-refractivity contribution in [2.45, 2.75) is 19.5 Å². The van der Waals surface area contributed by atoms with E-state index in [0.29, 0.717) is 13.2 Å². The molecule has 0 spiro atoms. The number of nitrogens with zero attached hydrogens (tertiary/aromatic N) is 2. The van der Waals surface area contributed by atoms with Crippen LogP contribution < -0.4 is 20.1 Å². The molecule has 0 amide bonds. The number of morpholine rings is 1. The topological polar surface area (TPSA) is 66.9 Å². The molecule has 0 radical (unpaired) electrons. The average Bonchev–Trinajstić information content (AvgIpc) is 2.73. The molecule has 6 nitrogen and oxygen atoms in total. The summed E-state index contributed by atoms with van der Waals surface area (Å²) in [7, 11) is 2.21. The molecular weight excluding hydrogens is 338 g/mol. The first kappa shape index (κ1) is 17.8. The van der Waals surface area contributed by atoms with Crippen LogP contribution in [-0.4, -0.2) is 39.9 Å². The number of quaternary nitrogens is 1. The molecule has 0 saturated carbocycles. The maximum atomic E-state index is 9.91. The Morgan fingerprint density at radius 3 is 2.74 bits per heavy atom. The van der Waals surface area contributed by atoms with Gasteiger partial charge in [0.05, 0.1) is 52.0 Å². The predicted octanol–water partition coefficient (Wildman–Crippen LogP) is 0.392. The second-order valence-electron chi connectivity index (χ2n) is 7.36. The van der Waals surface area contributed by atoms with Crippen molar-refractivity contribution < 1.29 is 14.6 Å². The van der Waals surface area contributed by atoms with Gasteiger partial charge in [-0.25, -0.2) is 4.98 Å². The third-order valence-corrected chi connectivity index (χ3v) is 5.48. The van der Waals surface area contributed by atoms with E-state index in [1.807, 2.05) is 6.07 Å². The van der Waals surface area contributed by atoms with Crippen LogP contribution in [-0.2, 0) is 24.2 Å². The highest BCUT2D eigenvalue weighted by Crippen LogP contribution is 2.28. The largest absolute Gasteiger partial charge is 0.375 e. The summed E-state index contributed by atoms with van der Waals surface area (Å²) in [5.41, 5.74) is 4.51. The number of hydrogen-bond donors (Lipinski definition) is 2. The summed E-state index contributed by atoms with van der Waals surface area (Å²) in [6.07, 6.45) is 0.941. The molecule has 2 aliphatic heterocycles. The number of likely N-dealkylation sites (N-methyl/N-ethyl adjacent to an activating group) is 1. The van der Waals surface area contributed by atoms with E-state index in [4.69, 9.17) is 4.74 Å². The average molecular weight is 365 g/mol. The van der Waals surface area contributed by atoms with Crippen LogP contribution in [0.3, 0.4) is 0 Å². The predicted molar refractivity (Wildman–Crippen MR) is 104 cm³/mol. The highest BCUT2D eigenvalue weighted by Gasteiger charge is 2.31. The second kappa shape index (κ2) is 7.95. The summed E-state index contributed by atoms with van der Waals surface area (Å²) in [6, 6.07) is 12.9. The van der Waals surface area contributed by atoms with Gasteiger partial charge in [0.25, 0.3) is 0 Å². The van der Waals surface area contributed by atoms with Crippen molar-refractivity contribution in [1.82, 2.24) is 0 Å². The highest BCUT2D eigenvalue weighted by molar-refractivity contribution is 5.61. The number of hydrogen-bond acceptors (Lipinski definition) is 4.